The van der Waals surface area contributed by atoms with E-state index in [4.69, 9.17) is 14.9 Å². The molecule has 86 valence electrons. The minimum absolute atomic E-state index is 0.188. The van der Waals surface area contributed by atoms with Crippen LogP contribution in [0.15, 0.2) is 0 Å². The molecular weight excluding hydrogens is 205 g/mol. The molecule has 0 fully saturated rings. The van der Waals surface area contributed by atoms with Crippen molar-refractivity contribution in [2.75, 3.05) is 32.8 Å². The van der Waals surface area contributed by atoms with E-state index in [0.29, 0.717) is 13.2 Å². The van der Waals surface area contributed by atoms with E-state index in [2.05, 4.69) is 16.3 Å². The standard InChI is InChI=1S/C8H20NO4P/c1-2-4-9(5-3-7-10)6-8-13-14(11)12/h10-12H,2-8H2,1H3. The molecule has 0 aromatic carbocycles. The van der Waals surface area contributed by atoms with Gasteiger partial charge in [0.05, 0.1) is 6.61 Å². The maximum Gasteiger partial charge on any atom is 0.327 e. The highest BCUT2D eigenvalue weighted by atomic mass is 31.2. The van der Waals surface area contributed by atoms with Gasteiger partial charge in [0, 0.05) is 19.7 Å². The van der Waals surface area contributed by atoms with Crippen molar-refractivity contribution in [3.8, 4) is 0 Å². The van der Waals surface area contributed by atoms with E-state index >= 15 is 0 Å². The fourth-order valence-electron chi connectivity index (χ4n) is 1.20. The molecule has 0 radical (unpaired) electrons. The maximum atomic E-state index is 8.66. The van der Waals surface area contributed by atoms with E-state index in [1.165, 1.54) is 0 Å². The first-order chi connectivity index (χ1) is 6.70. The average molecular weight is 225 g/mol. The monoisotopic (exact) mass is 225 g/mol. The fourth-order valence-corrected chi connectivity index (χ4v) is 1.44. The van der Waals surface area contributed by atoms with Crippen molar-refractivity contribution >= 4 is 8.60 Å². The van der Waals surface area contributed by atoms with Gasteiger partial charge in [-0.25, -0.2) is 0 Å². The van der Waals surface area contributed by atoms with E-state index in [9.17, 15) is 0 Å². The number of aliphatic hydroxyl groups excluding tert-OH is 1. The van der Waals surface area contributed by atoms with Crippen LogP contribution in [-0.2, 0) is 4.52 Å². The third-order valence-electron chi connectivity index (χ3n) is 1.79. The topological polar surface area (TPSA) is 73.2 Å². The van der Waals surface area contributed by atoms with Crippen LogP contribution in [0.5, 0.6) is 0 Å². The Labute approximate surface area is 86.3 Å². The Balaban J connectivity index is 3.50. The van der Waals surface area contributed by atoms with Gasteiger partial charge < -0.3 is 24.3 Å². The first kappa shape index (κ1) is 14.2. The summed E-state index contributed by atoms with van der Waals surface area (Å²) in [7, 11) is -2.23. The molecule has 0 saturated carbocycles. The molecule has 6 heteroatoms. The van der Waals surface area contributed by atoms with Crippen LogP contribution in [-0.4, -0.2) is 52.6 Å². The molecule has 0 amide bonds. The summed E-state index contributed by atoms with van der Waals surface area (Å²) < 4.78 is 4.67. The van der Waals surface area contributed by atoms with Gasteiger partial charge in [0.1, 0.15) is 0 Å². The molecule has 0 aromatic heterocycles. The minimum atomic E-state index is -2.23. The number of aliphatic hydroxyl groups is 1. The lowest BCUT2D eigenvalue weighted by Crippen LogP contribution is -2.29. The predicted octanol–water partition coefficient (Wildman–Crippen LogP) is 0.309. The minimum Gasteiger partial charge on any atom is -0.396 e. The second-order valence-electron chi connectivity index (χ2n) is 3.00. The first-order valence-corrected chi connectivity index (χ1v) is 6.01. The summed E-state index contributed by atoms with van der Waals surface area (Å²) >= 11 is 0. The molecule has 0 aliphatic rings. The van der Waals surface area contributed by atoms with Crippen molar-refractivity contribution in [1.29, 1.82) is 0 Å². The van der Waals surface area contributed by atoms with Gasteiger partial charge in [-0.15, -0.1) is 0 Å². The molecule has 0 aliphatic carbocycles. The van der Waals surface area contributed by atoms with Crippen LogP contribution in [0.25, 0.3) is 0 Å². The summed E-state index contributed by atoms with van der Waals surface area (Å²) in [4.78, 5) is 19.2. The van der Waals surface area contributed by atoms with Gasteiger partial charge in [0.15, 0.2) is 0 Å². The highest BCUT2D eigenvalue weighted by molar-refractivity contribution is 7.39. The second-order valence-corrected chi connectivity index (χ2v) is 3.77. The molecule has 3 N–H and O–H groups in total. The van der Waals surface area contributed by atoms with E-state index in [-0.39, 0.29) is 6.61 Å². The zero-order chi connectivity index (χ0) is 10.8. The smallest absolute Gasteiger partial charge is 0.327 e. The lowest BCUT2D eigenvalue weighted by molar-refractivity contribution is 0.177. The molecule has 0 bridgehead atoms. The Kier molecular flexibility index (Phi) is 9.93. The van der Waals surface area contributed by atoms with E-state index in [1.807, 2.05) is 0 Å². The van der Waals surface area contributed by atoms with Crippen LogP contribution in [0.2, 0.25) is 0 Å². The second kappa shape index (κ2) is 9.77. The third kappa shape index (κ3) is 8.81. The van der Waals surface area contributed by atoms with Crippen LogP contribution in [0.3, 0.4) is 0 Å². The molecular formula is C8H20NO4P. The summed E-state index contributed by atoms with van der Waals surface area (Å²) in [5.74, 6) is 0. The molecule has 0 spiro atoms. The molecule has 0 saturated heterocycles. The van der Waals surface area contributed by atoms with Crippen LogP contribution in [0.4, 0.5) is 0 Å². The van der Waals surface area contributed by atoms with Crippen molar-refractivity contribution in [1.82, 2.24) is 4.90 Å². The Morgan fingerprint density at radius 1 is 1.21 bits per heavy atom. The van der Waals surface area contributed by atoms with Gasteiger partial charge in [-0.1, -0.05) is 6.92 Å². The van der Waals surface area contributed by atoms with Crippen molar-refractivity contribution < 1.29 is 19.4 Å². The molecule has 0 aromatic rings. The van der Waals surface area contributed by atoms with Crippen LogP contribution in [0.1, 0.15) is 19.8 Å². The lowest BCUT2D eigenvalue weighted by atomic mass is 10.3. The van der Waals surface area contributed by atoms with Crippen LogP contribution in [0, 0.1) is 0 Å². The Morgan fingerprint density at radius 3 is 2.43 bits per heavy atom. The first-order valence-electron chi connectivity index (χ1n) is 4.84. The molecule has 0 aliphatic heterocycles. The van der Waals surface area contributed by atoms with Crippen LogP contribution < -0.4 is 0 Å². The molecule has 0 unspecified atom stereocenters. The number of rotatable bonds is 9. The maximum absolute atomic E-state index is 8.66. The van der Waals surface area contributed by atoms with Crippen molar-refractivity contribution in [2.45, 2.75) is 19.8 Å². The predicted molar refractivity (Wildman–Crippen MR) is 55.7 cm³/mol. The molecule has 5 nitrogen and oxygen atoms in total. The van der Waals surface area contributed by atoms with Crippen molar-refractivity contribution in [3.63, 3.8) is 0 Å². The highest BCUT2D eigenvalue weighted by Crippen LogP contribution is 2.23. The van der Waals surface area contributed by atoms with E-state index < -0.39 is 8.60 Å². The molecule has 0 atom stereocenters. The lowest BCUT2D eigenvalue weighted by Gasteiger charge is -2.20. The fraction of sp³-hybridized carbons (Fsp3) is 1.00. The van der Waals surface area contributed by atoms with Gasteiger partial charge in [0.25, 0.3) is 0 Å². The Hall–Kier alpha value is 0.230. The summed E-state index contributed by atoms with van der Waals surface area (Å²) in [5.41, 5.74) is 0. The average Bonchev–Trinajstić information content (AvgIpc) is 2.13. The largest absolute Gasteiger partial charge is 0.396 e. The van der Waals surface area contributed by atoms with E-state index in [1.54, 1.807) is 0 Å². The third-order valence-corrected chi connectivity index (χ3v) is 2.20. The Bertz CT molecular complexity index is 126. The normalized spacial score (nSPS) is 11.6. The molecule has 0 rings (SSSR count). The quantitative estimate of drug-likeness (QED) is 0.492. The summed E-state index contributed by atoms with van der Waals surface area (Å²) in [6.07, 6.45) is 1.78. The van der Waals surface area contributed by atoms with Gasteiger partial charge in [-0.2, -0.15) is 0 Å². The number of hydrogen-bond donors (Lipinski definition) is 3. The molecule has 0 heterocycles. The van der Waals surface area contributed by atoms with Crippen LogP contribution >= 0.6 is 8.60 Å². The Morgan fingerprint density at radius 2 is 1.93 bits per heavy atom. The van der Waals surface area contributed by atoms with Gasteiger partial charge in [-0.05, 0) is 19.4 Å². The summed E-state index contributed by atoms with van der Waals surface area (Å²) in [6.45, 7) is 5.03. The zero-order valence-corrected chi connectivity index (χ0v) is 9.49. The van der Waals surface area contributed by atoms with Gasteiger partial charge in [-0.3, -0.25) is 0 Å². The van der Waals surface area contributed by atoms with Gasteiger partial charge >= 0.3 is 8.60 Å². The van der Waals surface area contributed by atoms with Crippen molar-refractivity contribution in [2.24, 2.45) is 0 Å². The molecule has 14 heavy (non-hydrogen) atoms. The number of hydrogen-bond acceptors (Lipinski definition) is 5. The SMILES string of the molecule is CCCN(CCCO)CCOP(O)O. The zero-order valence-electron chi connectivity index (χ0n) is 8.59. The van der Waals surface area contributed by atoms with E-state index in [0.717, 1.165) is 25.9 Å². The van der Waals surface area contributed by atoms with Gasteiger partial charge in [0.2, 0.25) is 0 Å². The summed E-state index contributed by atoms with van der Waals surface area (Å²) in [5, 5.41) is 8.66. The number of nitrogens with zero attached hydrogens (tertiary/aromatic N) is 1. The van der Waals surface area contributed by atoms with Crippen molar-refractivity contribution in [3.05, 3.63) is 0 Å². The highest BCUT2D eigenvalue weighted by Gasteiger charge is 2.05. The summed E-state index contributed by atoms with van der Waals surface area (Å²) in [6, 6.07) is 0.